The Bertz CT molecular complexity index is 1290. The minimum absolute atomic E-state index is 0.136. The highest BCUT2D eigenvalue weighted by Gasteiger charge is 2.32. The topological polar surface area (TPSA) is 73.1 Å². The Morgan fingerprint density at radius 2 is 2.03 bits per heavy atom. The van der Waals surface area contributed by atoms with Crippen molar-refractivity contribution >= 4 is 45.9 Å². The van der Waals surface area contributed by atoms with Crippen molar-refractivity contribution in [1.82, 2.24) is 14.3 Å². The largest absolute Gasteiger partial charge is 0.438 e. The van der Waals surface area contributed by atoms with Crippen LogP contribution in [-0.4, -0.2) is 44.8 Å². The Hall–Kier alpha value is -3.01. The highest BCUT2D eigenvalue weighted by atomic mass is 32.2. The van der Waals surface area contributed by atoms with Crippen molar-refractivity contribution in [2.24, 2.45) is 0 Å². The summed E-state index contributed by atoms with van der Waals surface area (Å²) < 4.78 is 12.9. The summed E-state index contributed by atoms with van der Waals surface area (Å²) in [7, 11) is 1.61. The van der Waals surface area contributed by atoms with Crippen LogP contribution in [0.25, 0.3) is 11.7 Å². The van der Waals surface area contributed by atoms with Gasteiger partial charge in [-0.25, -0.2) is 0 Å². The normalized spacial score (nSPS) is 15.2. The van der Waals surface area contributed by atoms with Crippen LogP contribution in [0.15, 0.2) is 58.4 Å². The number of methoxy groups -OCH3 is 1. The molecule has 1 aromatic carbocycles. The first kappa shape index (κ1) is 22.2. The third kappa shape index (κ3) is 4.59. The van der Waals surface area contributed by atoms with E-state index < -0.39 is 0 Å². The molecule has 32 heavy (non-hydrogen) atoms. The van der Waals surface area contributed by atoms with E-state index in [2.05, 4.69) is 4.98 Å². The number of aromatic nitrogens is 2. The number of thiocarbonyl (C=S) groups is 1. The summed E-state index contributed by atoms with van der Waals surface area (Å²) >= 11 is 6.54. The number of carbonyl (C=O) groups is 1. The third-order valence-corrected chi connectivity index (χ3v) is 6.20. The molecule has 1 fully saturated rings. The average molecular weight is 468 g/mol. The highest BCUT2D eigenvalue weighted by Crippen LogP contribution is 2.34. The molecule has 0 spiro atoms. The number of aryl methyl sites for hydroxylation is 1. The maximum Gasteiger partial charge on any atom is 0.269 e. The number of benzene rings is 1. The lowest BCUT2D eigenvalue weighted by atomic mass is 10.2. The van der Waals surface area contributed by atoms with Crippen LogP contribution >= 0.6 is 24.0 Å². The lowest BCUT2D eigenvalue weighted by molar-refractivity contribution is -0.122. The second kappa shape index (κ2) is 9.64. The molecule has 7 nitrogen and oxygen atoms in total. The first-order valence-electron chi connectivity index (χ1n) is 9.98. The van der Waals surface area contributed by atoms with Crippen LogP contribution in [0, 0.1) is 6.92 Å². The van der Waals surface area contributed by atoms with Gasteiger partial charge in [-0.15, -0.1) is 0 Å². The number of nitrogens with zero attached hydrogens (tertiary/aromatic N) is 3. The van der Waals surface area contributed by atoms with Crippen LogP contribution < -0.4 is 10.3 Å². The van der Waals surface area contributed by atoms with Crippen LogP contribution in [0.2, 0.25) is 0 Å². The van der Waals surface area contributed by atoms with E-state index >= 15 is 0 Å². The van der Waals surface area contributed by atoms with E-state index in [1.807, 2.05) is 25.1 Å². The summed E-state index contributed by atoms with van der Waals surface area (Å²) in [4.78, 5) is 32.7. The molecule has 0 radical (unpaired) electrons. The van der Waals surface area contributed by atoms with E-state index in [0.717, 1.165) is 17.3 Å². The molecular weight excluding hydrogens is 446 g/mol. The van der Waals surface area contributed by atoms with E-state index in [-0.39, 0.29) is 22.9 Å². The van der Waals surface area contributed by atoms with Crippen molar-refractivity contribution in [3.63, 3.8) is 0 Å². The van der Waals surface area contributed by atoms with E-state index in [1.54, 1.807) is 37.6 Å². The van der Waals surface area contributed by atoms with Crippen LogP contribution in [0.4, 0.5) is 0 Å². The van der Waals surface area contributed by atoms with Gasteiger partial charge in [-0.3, -0.25) is 18.9 Å². The number of hydrogen-bond acceptors (Lipinski definition) is 7. The minimum atomic E-state index is -0.331. The fourth-order valence-electron chi connectivity index (χ4n) is 3.27. The maximum absolute atomic E-state index is 13.3. The van der Waals surface area contributed by atoms with E-state index in [4.69, 9.17) is 21.7 Å². The van der Waals surface area contributed by atoms with Crippen LogP contribution in [0.5, 0.6) is 11.6 Å². The van der Waals surface area contributed by atoms with Gasteiger partial charge in [0.1, 0.15) is 21.3 Å². The van der Waals surface area contributed by atoms with Crippen molar-refractivity contribution in [3.8, 4) is 11.6 Å². The number of fused-ring (bicyclic) bond motifs is 1. The molecule has 4 rings (SSSR count). The maximum atomic E-state index is 13.3. The van der Waals surface area contributed by atoms with Crippen LogP contribution in [0.3, 0.4) is 0 Å². The Labute approximate surface area is 194 Å². The Morgan fingerprint density at radius 3 is 2.81 bits per heavy atom. The number of hydrogen-bond donors (Lipinski definition) is 0. The second-order valence-electron chi connectivity index (χ2n) is 7.16. The molecule has 1 aliphatic rings. The standard InChI is InChI=1S/C23H21N3O4S2/c1-15-7-5-8-16(13-15)30-20-17(21(27)25-10-4-3-9-19(25)24-20)14-18-22(28)26(23(31)32-18)11-6-12-29-2/h3-5,7-10,13-14H,6,11-12H2,1-2H3/b18-14-. The van der Waals surface area contributed by atoms with Crippen molar-refractivity contribution in [2.45, 2.75) is 13.3 Å². The molecule has 164 valence electrons. The molecule has 0 atom stereocenters. The molecule has 3 heterocycles. The number of thioether (sulfide) groups is 1. The number of amides is 1. The second-order valence-corrected chi connectivity index (χ2v) is 8.84. The lowest BCUT2D eigenvalue weighted by Gasteiger charge is -2.13. The molecule has 0 N–H and O–H groups in total. The van der Waals surface area contributed by atoms with Gasteiger partial charge >= 0.3 is 0 Å². The molecule has 0 bridgehead atoms. The molecule has 9 heteroatoms. The summed E-state index contributed by atoms with van der Waals surface area (Å²) in [6, 6.07) is 12.7. The van der Waals surface area contributed by atoms with Gasteiger partial charge in [0.05, 0.1) is 4.91 Å². The highest BCUT2D eigenvalue weighted by molar-refractivity contribution is 8.26. The minimum Gasteiger partial charge on any atom is -0.438 e. The fourth-order valence-corrected chi connectivity index (χ4v) is 4.56. The smallest absolute Gasteiger partial charge is 0.269 e. The van der Waals surface area contributed by atoms with Crippen LogP contribution in [-0.2, 0) is 9.53 Å². The van der Waals surface area contributed by atoms with Crippen molar-refractivity contribution in [3.05, 3.63) is 75.0 Å². The zero-order chi connectivity index (χ0) is 22.7. The first-order valence-corrected chi connectivity index (χ1v) is 11.2. The monoisotopic (exact) mass is 467 g/mol. The molecule has 2 aromatic heterocycles. The van der Waals surface area contributed by atoms with Gasteiger partial charge in [-0.2, -0.15) is 4.98 Å². The lowest BCUT2D eigenvalue weighted by Crippen LogP contribution is -2.29. The number of pyridine rings is 1. The van der Waals surface area contributed by atoms with Crippen molar-refractivity contribution < 1.29 is 14.3 Å². The summed E-state index contributed by atoms with van der Waals surface area (Å²) in [5, 5.41) is 0. The van der Waals surface area contributed by atoms with Gasteiger partial charge in [-0.05, 0) is 49.2 Å². The molecule has 1 saturated heterocycles. The van der Waals surface area contributed by atoms with Gasteiger partial charge in [0.25, 0.3) is 11.5 Å². The van der Waals surface area contributed by atoms with E-state index in [9.17, 15) is 9.59 Å². The third-order valence-electron chi connectivity index (χ3n) is 4.82. The predicted molar refractivity (Wildman–Crippen MR) is 129 cm³/mol. The molecule has 1 aliphatic heterocycles. The van der Waals surface area contributed by atoms with Crippen molar-refractivity contribution in [2.75, 3.05) is 20.3 Å². The summed E-state index contributed by atoms with van der Waals surface area (Å²) in [6.45, 7) is 2.93. The van der Waals surface area contributed by atoms with Crippen molar-refractivity contribution in [1.29, 1.82) is 0 Å². The Kier molecular flexibility index (Phi) is 6.69. The zero-order valence-electron chi connectivity index (χ0n) is 17.6. The molecule has 0 unspecified atom stereocenters. The number of carbonyl (C=O) groups excluding carboxylic acids is 1. The molecule has 3 aromatic rings. The summed E-state index contributed by atoms with van der Waals surface area (Å²) in [6.07, 6.45) is 3.82. The van der Waals surface area contributed by atoms with Gasteiger partial charge in [0.15, 0.2) is 0 Å². The van der Waals surface area contributed by atoms with Gasteiger partial charge in [0, 0.05) is 26.5 Å². The Morgan fingerprint density at radius 1 is 1.19 bits per heavy atom. The number of ether oxygens (including phenoxy) is 2. The molecule has 0 aliphatic carbocycles. The molecule has 1 amide bonds. The van der Waals surface area contributed by atoms with Gasteiger partial charge in [0.2, 0.25) is 5.88 Å². The molecular formula is C23H21N3O4S2. The van der Waals surface area contributed by atoms with Gasteiger partial charge in [-0.1, -0.05) is 42.2 Å². The quantitative estimate of drug-likeness (QED) is 0.295. The number of rotatable bonds is 7. The SMILES string of the molecule is COCCCN1C(=O)/C(=C/c2c(Oc3cccc(C)c3)nc3ccccn3c2=O)SC1=S. The summed E-state index contributed by atoms with van der Waals surface area (Å²) in [5.41, 5.74) is 1.32. The molecule has 0 saturated carbocycles. The zero-order valence-corrected chi connectivity index (χ0v) is 19.2. The predicted octanol–water partition coefficient (Wildman–Crippen LogP) is 4.03. The van der Waals surface area contributed by atoms with Crippen LogP contribution in [0.1, 0.15) is 17.5 Å². The van der Waals surface area contributed by atoms with Gasteiger partial charge < -0.3 is 9.47 Å². The average Bonchev–Trinajstić information content (AvgIpc) is 3.04. The first-order chi connectivity index (χ1) is 15.5. The van der Waals surface area contributed by atoms with E-state index in [1.165, 1.54) is 15.4 Å². The van der Waals surface area contributed by atoms with E-state index in [0.29, 0.717) is 40.2 Å². The fraction of sp³-hybridized carbons (Fsp3) is 0.217. The Balaban J connectivity index is 1.77. The summed E-state index contributed by atoms with van der Waals surface area (Å²) in [5.74, 6) is 0.450.